The summed E-state index contributed by atoms with van der Waals surface area (Å²) in [6, 6.07) is 8.08. The highest BCUT2D eigenvalue weighted by Gasteiger charge is 2.24. The van der Waals surface area contributed by atoms with E-state index in [0.717, 1.165) is 48.3 Å². The van der Waals surface area contributed by atoms with E-state index in [1.807, 2.05) is 35.9 Å². The number of ether oxygens (including phenoxy) is 1. The Bertz CT molecular complexity index is 782. The normalized spacial score (nSPS) is 16.7. The van der Waals surface area contributed by atoms with Crippen molar-refractivity contribution in [3.63, 3.8) is 0 Å². The zero-order chi connectivity index (χ0) is 18.4. The summed E-state index contributed by atoms with van der Waals surface area (Å²) >= 11 is 0. The van der Waals surface area contributed by atoms with Gasteiger partial charge in [0, 0.05) is 25.7 Å². The number of nitrogens with one attached hydrogen (secondary N) is 2. The Morgan fingerprint density at radius 1 is 1.46 bits per heavy atom. The molecule has 1 aliphatic rings. The van der Waals surface area contributed by atoms with E-state index in [1.165, 1.54) is 0 Å². The van der Waals surface area contributed by atoms with Gasteiger partial charge in [-0.3, -0.25) is 4.99 Å². The molecule has 0 amide bonds. The van der Waals surface area contributed by atoms with Crippen LogP contribution >= 0.6 is 0 Å². The molecular weight excluding hydrogens is 328 g/mol. The molecule has 0 bridgehead atoms. The van der Waals surface area contributed by atoms with Gasteiger partial charge in [0.05, 0.1) is 6.04 Å². The van der Waals surface area contributed by atoms with Gasteiger partial charge in [-0.2, -0.15) is 5.10 Å². The molecule has 1 atom stereocenters. The molecule has 3 rings (SSSR count). The number of nitrogens with zero attached hydrogens (tertiary/aromatic N) is 4. The molecule has 7 nitrogen and oxygen atoms in total. The van der Waals surface area contributed by atoms with E-state index < -0.39 is 0 Å². The third-order valence-corrected chi connectivity index (χ3v) is 4.29. The highest BCUT2D eigenvalue weighted by molar-refractivity contribution is 5.80. The lowest BCUT2D eigenvalue weighted by Gasteiger charge is -2.25. The number of para-hydroxylation sites is 1. The van der Waals surface area contributed by atoms with Gasteiger partial charge < -0.3 is 15.4 Å². The van der Waals surface area contributed by atoms with Crippen LogP contribution in [0.2, 0.25) is 0 Å². The van der Waals surface area contributed by atoms with Gasteiger partial charge in [-0.15, -0.1) is 0 Å². The molecule has 0 radical (unpaired) electrons. The molecular formula is C19H26N6O. The number of aliphatic imine (C=N–C) groups is 1. The summed E-state index contributed by atoms with van der Waals surface area (Å²) in [5.41, 5.74) is 1.07. The van der Waals surface area contributed by atoms with Crippen LogP contribution in [-0.2, 0) is 13.1 Å². The van der Waals surface area contributed by atoms with Crippen molar-refractivity contribution in [3.05, 3.63) is 54.1 Å². The predicted molar refractivity (Wildman–Crippen MR) is 102 cm³/mol. The average Bonchev–Trinajstić information content (AvgIpc) is 3.05. The highest BCUT2D eigenvalue weighted by Crippen LogP contribution is 2.23. The van der Waals surface area contributed by atoms with Crippen LogP contribution in [0.15, 0.2) is 41.9 Å². The fraction of sp³-hybridized carbons (Fsp3) is 0.421. The maximum Gasteiger partial charge on any atom is 0.191 e. The summed E-state index contributed by atoms with van der Waals surface area (Å²) in [5.74, 6) is 3.38. The molecule has 1 aromatic carbocycles. The quantitative estimate of drug-likeness (QED) is 0.473. The molecule has 2 heterocycles. The van der Waals surface area contributed by atoms with Crippen LogP contribution in [0.1, 0.15) is 36.1 Å². The largest absolute Gasteiger partial charge is 0.489 e. The zero-order valence-corrected chi connectivity index (χ0v) is 15.4. The van der Waals surface area contributed by atoms with E-state index in [4.69, 9.17) is 4.74 Å². The number of guanidine groups is 1. The second-order valence-electron chi connectivity index (χ2n) is 6.21. The molecule has 138 valence electrons. The summed E-state index contributed by atoms with van der Waals surface area (Å²) in [7, 11) is 1.77. The first-order chi connectivity index (χ1) is 12.7. The average molecular weight is 354 g/mol. The zero-order valence-electron chi connectivity index (χ0n) is 15.4. The molecule has 2 aromatic rings. The maximum atomic E-state index is 5.71. The molecule has 1 aromatic heterocycles. The van der Waals surface area contributed by atoms with Crippen LogP contribution in [0.3, 0.4) is 0 Å². The lowest BCUT2D eigenvalue weighted by molar-refractivity contribution is 0.358. The third kappa shape index (κ3) is 4.22. The van der Waals surface area contributed by atoms with Crippen LogP contribution in [0.5, 0.6) is 5.75 Å². The van der Waals surface area contributed by atoms with E-state index in [1.54, 1.807) is 13.1 Å². The van der Waals surface area contributed by atoms with Gasteiger partial charge in [0.15, 0.2) is 5.96 Å². The van der Waals surface area contributed by atoms with Crippen LogP contribution in [0.25, 0.3) is 0 Å². The molecule has 0 saturated carbocycles. The Hall–Kier alpha value is -2.83. The Morgan fingerprint density at radius 3 is 3.12 bits per heavy atom. The van der Waals surface area contributed by atoms with Gasteiger partial charge in [0.25, 0.3) is 0 Å². The third-order valence-electron chi connectivity index (χ3n) is 4.29. The molecule has 0 saturated heterocycles. The van der Waals surface area contributed by atoms with E-state index in [0.29, 0.717) is 13.2 Å². The first-order valence-corrected chi connectivity index (χ1v) is 8.91. The van der Waals surface area contributed by atoms with Crippen molar-refractivity contribution in [1.29, 1.82) is 0 Å². The molecule has 2 N–H and O–H groups in total. The van der Waals surface area contributed by atoms with E-state index in [9.17, 15) is 0 Å². The molecule has 7 heteroatoms. The number of hydrogen-bond donors (Lipinski definition) is 2. The summed E-state index contributed by atoms with van der Waals surface area (Å²) in [4.78, 5) is 8.91. The fourth-order valence-corrected chi connectivity index (χ4v) is 3.08. The number of aryl methyl sites for hydroxylation is 2. The predicted octanol–water partition coefficient (Wildman–Crippen LogP) is 2.35. The Labute approximate surface area is 154 Å². The smallest absolute Gasteiger partial charge is 0.191 e. The van der Waals surface area contributed by atoms with E-state index >= 15 is 0 Å². The summed E-state index contributed by atoms with van der Waals surface area (Å²) < 4.78 is 7.70. The monoisotopic (exact) mass is 354 g/mol. The molecule has 1 aliphatic heterocycles. The molecule has 1 unspecified atom stereocenters. The van der Waals surface area contributed by atoms with Crippen LogP contribution in [0.4, 0.5) is 0 Å². The number of hydrogen-bond acceptors (Lipinski definition) is 4. The SMILES string of the molecule is C=CCOc1ccccc1CNC(=NC)NC1CCCn2nc(C)nc21. The van der Waals surface area contributed by atoms with Crippen molar-refractivity contribution >= 4 is 5.96 Å². The standard InChI is InChI=1S/C19H26N6O/c1-4-12-26-17-10-6-5-8-15(17)13-21-19(20-3)23-16-9-7-11-25-18(16)22-14(2)24-25/h4-6,8,10,16H,1,7,9,11-13H2,2-3H3,(H2,20,21,23). The van der Waals surface area contributed by atoms with Crippen molar-refractivity contribution < 1.29 is 4.74 Å². The van der Waals surface area contributed by atoms with Crippen LogP contribution in [-0.4, -0.2) is 34.4 Å². The Kier molecular flexibility index (Phi) is 5.88. The number of rotatable bonds is 6. The number of aromatic nitrogens is 3. The second kappa shape index (κ2) is 8.51. The molecule has 0 fully saturated rings. The van der Waals surface area contributed by atoms with Crippen molar-refractivity contribution in [1.82, 2.24) is 25.4 Å². The second-order valence-corrected chi connectivity index (χ2v) is 6.21. The van der Waals surface area contributed by atoms with Gasteiger partial charge in [-0.25, -0.2) is 9.67 Å². The number of fused-ring (bicyclic) bond motifs is 1. The summed E-state index contributed by atoms with van der Waals surface area (Å²) in [6.45, 7) is 7.65. The minimum atomic E-state index is 0.114. The van der Waals surface area contributed by atoms with Gasteiger partial charge in [-0.1, -0.05) is 30.9 Å². The first-order valence-electron chi connectivity index (χ1n) is 8.91. The maximum absolute atomic E-state index is 5.71. The first kappa shape index (κ1) is 18.0. The lowest BCUT2D eigenvalue weighted by atomic mass is 10.1. The van der Waals surface area contributed by atoms with Gasteiger partial charge in [0.1, 0.15) is 24.0 Å². The molecule has 0 spiro atoms. The van der Waals surface area contributed by atoms with Gasteiger partial charge in [-0.05, 0) is 25.8 Å². The van der Waals surface area contributed by atoms with E-state index in [2.05, 4.69) is 32.3 Å². The minimum Gasteiger partial charge on any atom is -0.489 e. The molecule has 26 heavy (non-hydrogen) atoms. The minimum absolute atomic E-state index is 0.114. The van der Waals surface area contributed by atoms with Gasteiger partial charge in [0.2, 0.25) is 0 Å². The lowest BCUT2D eigenvalue weighted by Crippen LogP contribution is -2.41. The number of benzene rings is 1. The van der Waals surface area contributed by atoms with Crippen molar-refractivity contribution in [2.24, 2.45) is 4.99 Å². The van der Waals surface area contributed by atoms with Crippen LogP contribution in [0, 0.1) is 6.92 Å². The Balaban J connectivity index is 1.64. The van der Waals surface area contributed by atoms with E-state index in [-0.39, 0.29) is 6.04 Å². The summed E-state index contributed by atoms with van der Waals surface area (Å²) in [6.07, 6.45) is 3.83. The van der Waals surface area contributed by atoms with Crippen molar-refractivity contribution in [2.75, 3.05) is 13.7 Å². The van der Waals surface area contributed by atoms with Crippen molar-refractivity contribution in [3.8, 4) is 5.75 Å². The van der Waals surface area contributed by atoms with Crippen LogP contribution < -0.4 is 15.4 Å². The van der Waals surface area contributed by atoms with Crippen molar-refractivity contribution in [2.45, 2.75) is 38.9 Å². The highest BCUT2D eigenvalue weighted by atomic mass is 16.5. The summed E-state index contributed by atoms with van der Waals surface area (Å²) in [5, 5.41) is 11.3. The van der Waals surface area contributed by atoms with Gasteiger partial charge >= 0.3 is 0 Å². The fourth-order valence-electron chi connectivity index (χ4n) is 3.08. The topological polar surface area (TPSA) is 76.4 Å². The molecule has 0 aliphatic carbocycles. The Morgan fingerprint density at radius 2 is 2.31 bits per heavy atom.